The van der Waals surface area contributed by atoms with Crippen LogP contribution in [0, 0.1) is 29.1 Å². The lowest BCUT2D eigenvalue weighted by molar-refractivity contribution is 0.0718. The molecule has 0 amide bonds. The second kappa shape index (κ2) is 7.87. The van der Waals surface area contributed by atoms with Gasteiger partial charge in [-0.25, -0.2) is 18.0 Å². The van der Waals surface area contributed by atoms with Gasteiger partial charge in [0.05, 0.1) is 5.56 Å². The van der Waals surface area contributed by atoms with Crippen LogP contribution in [-0.2, 0) is 0 Å². The zero-order valence-corrected chi connectivity index (χ0v) is 16.7. The number of pyridine rings is 1. The summed E-state index contributed by atoms with van der Waals surface area (Å²) < 4.78 is 83.3. The van der Waals surface area contributed by atoms with Crippen molar-refractivity contribution < 1.29 is 41.0 Å². The van der Waals surface area contributed by atoms with Crippen molar-refractivity contribution in [2.45, 2.75) is 0 Å². The van der Waals surface area contributed by atoms with Crippen LogP contribution in [0.1, 0.15) is 10.4 Å². The van der Waals surface area contributed by atoms with Crippen LogP contribution in [0.4, 0.5) is 22.0 Å². The average molecular weight is 475 g/mol. The number of H-pyrrole nitrogens is 1. The van der Waals surface area contributed by atoms with E-state index in [4.69, 9.17) is 9.47 Å². The molecule has 0 spiro atoms. The Kier molecular flexibility index (Phi) is 4.96. The largest absolute Gasteiger partial charge is 0.454 e. The third kappa shape index (κ3) is 3.41. The standard InChI is InChI=1S/C23H10F5NO5/c24-17-18(25)20(27)22(21(28)19(17)26)34-23(31)12-7-16(30)29-13-3-1-9(5-11(12)13)10-2-4-14-15(6-10)33-8-32-14/h1-7H,8H2,(H,29,30). The molecule has 0 bridgehead atoms. The van der Waals surface area contributed by atoms with Crippen molar-refractivity contribution in [3.05, 3.63) is 87.5 Å². The molecule has 3 aromatic carbocycles. The highest BCUT2D eigenvalue weighted by atomic mass is 19.2. The van der Waals surface area contributed by atoms with Gasteiger partial charge in [0.2, 0.25) is 47.2 Å². The maximum Gasteiger partial charge on any atom is 0.344 e. The molecule has 6 nitrogen and oxygen atoms in total. The molecule has 1 aromatic heterocycles. The number of hydrogen-bond donors (Lipinski definition) is 1. The predicted octanol–water partition coefficient (Wildman–Crippen LogP) is 4.84. The van der Waals surface area contributed by atoms with Crippen LogP contribution in [0.5, 0.6) is 17.2 Å². The summed E-state index contributed by atoms with van der Waals surface area (Å²) in [6, 6.07) is 10.5. The number of fused-ring (bicyclic) bond motifs is 2. The van der Waals surface area contributed by atoms with Crippen molar-refractivity contribution in [1.29, 1.82) is 0 Å². The van der Waals surface area contributed by atoms with Crippen molar-refractivity contribution in [2.75, 3.05) is 6.79 Å². The van der Waals surface area contributed by atoms with Gasteiger partial charge in [0.25, 0.3) is 0 Å². The topological polar surface area (TPSA) is 77.6 Å². The molecule has 0 atom stereocenters. The molecule has 172 valence electrons. The molecule has 1 aliphatic heterocycles. The van der Waals surface area contributed by atoms with Gasteiger partial charge in [-0.2, -0.15) is 8.78 Å². The van der Waals surface area contributed by atoms with Crippen LogP contribution in [0.25, 0.3) is 22.0 Å². The van der Waals surface area contributed by atoms with Crippen molar-refractivity contribution in [1.82, 2.24) is 4.98 Å². The molecular weight excluding hydrogens is 465 g/mol. The van der Waals surface area contributed by atoms with Crippen LogP contribution in [0.3, 0.4) is 0 Å². The number of nitrogens with one attached hydrogen (secondary N) is 1. The molecule has 4 aromatic rings. The number of carbonyl (C=O) groups is 1. The first-order valence-electron chi connectivity index (χ1n) is 9.55. The van der Waals surface area contributed by atoms with Gasteiger partial charge in [0.1, 0.15) is 0 Å². The highest BCUT2D eigenvalue weighted by Crippen LogP contribution is 2.37. The first kappa shape index (κ1) is 21.4. The average Bonchev–Trinajstić information content (AvgIpc) is 3.31. The number of hydrogen-bond acceptors (Lipinski definition) is 5. The number of rotatable bonds is 3. The van der Waals surface area contributed by atoms with E-state index in [0.717, 1.165) is 6.07 Å². The van der Waals surface area contributed by atoms with Crippen LogP contribution in [0.2, 0.25) is 0 Å². The summed E-state index contributed by atoms with van der Waals surface area (Å²) in [7, 11) is 0. The van der Waals surface area contributed by atoms with E-state index in [2.05, 4.69) is 9.72 Å². The Balaban J connectivity index is 1.60. The van der Waals surface area contributed by atoms with Crippen LogP contribution in [-0.4, -0.2) is 17.7 Å². The van der Waals surface area contributed by atoms with E-state index in [1.165, 1.54) is 12.1 Å². The van der Waals surface area contributed by atoms with Gasteiger partial charge >= 0.3 is 5.97 Å². The summed E-state index contributed by atoms with van der Waals surface area (Å²) in [5, 5.41) is 0.101. The van der Waals surface area contributed by atoms with E-state index >= 15 is 0 Å². The lowest BCUT2D eigenvalue weighted by atomic mass is 10.0. The van der Waals surface area contributed by atoms with Crippen LogP contribution in [0.15, 0.2) is 47.3 Å². The van der Waals surface area contributed by atoms with E-state index in [0.29, 0.717) is 22.6 Å². The molecule has 0 unspecified atom stereocenters. The Morgan fingerprint density at radius 1 is 0.794 bits per heavy atom. The summed E-state index contributed by atoms with van der Waals surface area (Å²) in [6.45, 7) is 0.0609. The van der Waals surface area contributed by atoms with Gasteiger partial charge in [0, 0.05) is 17.0 Å². The molecule has 11 heteroatoms. The van der Waals surface area contributed by atoms with Gasteiger partial charge in [0.15, 0.2) is 11.5 Å². The van der Waals surface area contributed by atoms with Gasteiger partial charge in [-0.1, -0.05) is 12.1 Å². The van der Waals surface area contributed by atoms with Gasteiger partial charge < -0.3 is 19.2 Å². The second-order valence-electron chi connectivity index (χ2n) is 7.16. The van der Waals surface area contributed by atoms with E-state index in [-0.39, 0.29) is 17.7 Å². The quantitative estimate of drug-likeness (QED) is 0.151. The van der Waals surface area contributed by atoms with Gasteiger partial charge in [-0.05, 0) is 35.4 Å². The minimum absolute atomic E-state index is 0.0609. The number of carbonyl (C=O) groups excluding carboxylic acids is 1. The van der Waals surface area contributed by atoms with Crippen molar-refractivity contribution >= 4 is 16.9 Å². The monoisotopic (exact) mass is 475 g/mol. The molecular formula is C23H10F5NO5. The van der Waals surface area contributed by atoms with E-state index < -0.39 is 51.9 Å². The van der Waals surface area contributed by atoms with Gasteiger partial charge in [-0.15, -0.1) is 0 Å². The molecule has 0 aliphatic carbocycles. The normalized spacial score (nSPS) is 12.3. The van der Waals surface area contributed by atoms with Crippen molar-refractivity contribution in [3.63, 3.8) is 0 Å². The van der Waals surface area contributed by atoms with Gasteiger partial charge in [-0.3, -0.25) is 4.79 Å². The third-order valence-corrected chi connectivity index (χ3v) is 5.13. The number of esters is 1. The summed E-state index contributed by atoms with van der Waals surface area (Å²) in [5.74, 6) is -13.8. The Morgan fingerprint density at radius 3 is 2.15 bits per heavy atom. The number of halogens is 5. The molecule has 5 rings (SSSR count). The fourth-order valence-electron chi connectivity index (χ4n) is 3.50. The van der Waals surface area contributed by atoms with Crippen molar-refractivity contribution in [2.24, 2.45) is 0 Å². The lowest BCUT2D eigenvalue weighted by Gasteiger charge is -2.11. The molecule has 0 radical (unpaired) electrons. The fraction of sp³-hybridized carbons (Fsp3) is 0.0435. The van der Waals surface area contributed by atoms with E-state index in [1.54, 1.807) is 24.3 Å². The summed E-state index contributed by atoms with van der Waals surface area (Å²) in [6.07, 6.45) is 0. The fourth-order valence-corrected chi connectivity index (χ4v) is 3.50. The number of benzene rings is 3. The van der Waals surface area contributed by atoms with Crippen LogP contribution >= 0.6 is 0 Å². The molecule has 0 fully saturated rings. The third-order valence-electron chi connectivity index (χ3n) is 5.13. The minimum Gasteiger partial charge on any atom is -0.454 e. The highest BCUT2D eigenvalue weighted by molar-refractivity contribution is 6.05. The molecule has 34 heavy (non-hydrogen) atoms. The molecule has 1 aliphatic rings. The maximum atomic E-state index is 14.0. The smallest absolute Gasteiger partial charge is 0.344 e. The molecule has 0 saturated carbocycles. The first-order chi connectivity index (χ1) is 16.2. The molecule has 0 saturated heterocycles. The van der Waals surface area contributed by atoms with E-state index in [1.807, 2.05) is 0 Å². The number of aromatic nitrogens is 1. The first-order valence-corrected chi connectivity index (χ1v) is 9.55. The minimum atomic E-state index is -2.40. The highest BCUT2D eigenvalue weighted by Gasteiger charge is 2.29. The van der Waals surface area contributed by atoms with Crippen molar-refractivity contribution in [3.8, 4) is 28.4 Å². The molecule has 2 heterocycles. The predicted molar refractivity (Wildman–Crippen MR) is 107 cm³/mol. The maximum absolute atomic E-state index is 14.0. The summed E-state index contributed by atoms with van der Waals surface area (Å²) >= 11 is 0. The second-order valence-corrected chi connectivity index (χ2v) is 7.16. The number of ether oxygens (including phenoxy) is 3. The SMILES string of the molecule is O=C(Oc1c(F)c(F)c(F)c(F)c1F)c1cc(=O)[nH]c2ccc(-c3ccc4c(c3)OCO4)cc12. The lowest BCUT2D eigenvalue weighted by Crippen LogP contribution is -2.17. The zero-order chi connectivity index (χ0) is 24.1. The zero-order valence-electron chi connectivity index (χ0n) is 16.7. The Hall–Kier alpha value is -4.41. The van der Waals surface area contributed by atoms with E-state index in [9.17, 15) is 31.5 Å². The number of aromatic amines is 1. The Bertz CT molecular complexity index is 1540. The molecule has 1 N–H and O–H groups in total. The summed E-state index contributed by atoms with van der Waals surface area (Å²) in [5.41, 5.74) is 0.166. The Morgan fingerprint density at radius 2 is 1.41 bits per heavy atom. The van der Waals surface area contributed by atoms with Crippen LogP contribution < -0.4 is 19.8 Å². The summed E-state index contributed by atoms with van der Waals surface area (Å²) in [4.78, 5) is 27.2. The Labute approximate surface area is 186 Å².